The Kier molecular flexibility index (Phi) is 6.80. The Balaban J connectivity index is 1.61. The SMILES string of the molecule is CC(Cc1cc(Cl)c(Oc2ccccc2)c(Cl)c1)NC(=O)Nc1ccccc1. The maximum Gasteiger partial charge on any atom is 0.319 e. The van der Waals surface area contributed by atoms with Crippen LogP contribution in [0.4, 0.5) is 10.5 Å². The largest absolute Gasteiger partial charge is 0.454 e. The lowest BCUT2D eigenvalue weighted by molar-refractivity contribution is 0.249. The number of carbonyl (C=O) groups excluding carboxylic acids is 1. The Bertz CT molecular complexity index is 911. The van der Waals surface area contributed by atoms with Crippen LogP contribution in [0.1, 0.15) is 12.5 Å². The van der Waals surface area contributed by atoms with E-state index in [1.54, 1.807) is 12.1 Å². The van der Waals surface area contributed by atoms with Crippen molar-refractivity contribution in [2.75, 3.05) is 5.32 Å². The van der Waals surface area contributed by atoms with Crippen molar-refractivity contribution in [1.82, 2.24) is 5.32 Å². The Morgan fingerprint density at radius 3 is 2.14 bits per heavy atom. The van der Waals surface area contributed by atoms with Crippen LogP contribution in [0.25, 0.3) is 0 Å². The molecule has 0 aliphatic carbocycles. The third kappa shape index (κ3) is 5.65. The average Bonchev–Trinajstić information content (AvgIpc) is 2.66. The molecule has 0 heterocycles. The molecule has 0 aliphatic heterocycles. The van der Waals surface area contributed by atoms with Gasteiger partial charge < -0.3 is 15.4 Å². The first kappa shape index (κ1) is 20.1. The van der Waals surface area contributed by atoms with E-state index < -0.39 is 0 Å². The number of halogens is 2. The van der Waals surface area contributed by atoms with Crippen LogP contribution < -0.4 is 15.4 Å². The predicted molar refractivity (Wildman–Crippen MR) is 115 cm³/mol. The number of para-hydroxylation sites is 2. The fraction of sp³-hybridized carbons (Fsp3) is 0.136. The Morgan fingerprint density at radius 1 is 0.964 bits per heavy atom. The number of rotatable bonds is 6. The Hall–Kier alpha value is -2.69. The van der Waals surface area contributed by atoms with Gasteiger partial charge in [0.15, 0.2) is 5.75 Å². The van der Waals surface area contributed by atoms with Crippen molar-refractivity contribution in [2.24, 2.45) is 0 Å². The summed E-state index contributed by atoms with van der Waals surface area (Å²) >= 11 is 12.7. The van der Waals surface area contributed by atoms with Crippen molar-refractivity contribution in [3.8, 4) is 11.5 Å². The number of anilines is 1. The molecule has 3 aromatic carbocycles. The number of amides is 2. The van der Waals surface area contributed by atoms with Gasteiger partial charge in [0.05, 0.1) is 10.0 Å². The summed E-state index contributed by atoms with van der Waals surface area (Å²) in [6.07, 6.45) is 0.577. The van der Waals surface area contributed by atoms with E-state index in [1.165, 1.54) is 0 Å². The number of carbonyl (C=O) groups is 1. The van der Waals surface area contributed by atoms with Crippen LogP contribution in [0.3, 0.4) is 0 Å². The third-order valence-corrected chi connectivity index (χ3v) is 4.53. The minimum absolute atomic E-state index is 0.114. The summed E-state index contributed by atoms with van der Waals surface area (Å²) in [6, 6.07) is 21.8. The molecule has 4 nitrogen and oxygen atoms in total. The molecule has 0 saturated heterocycles. The van der Waals surface area contributed by atoms with Gasteiger partial charge in [-0.3, -0.25) is 0 Å². The standard InChI is InChI=1S/C22H20Cl2N2O2/c1-15(25-22(27)26-17-8-4-2-5-9-17)12-16-13-19(23)21(20(24)14-16)28-18-10-6-3-7-11-18/h2-11,13-15H,12H2,1H3,(H2,25,26,27). The zero-order valence-electron chi connectivity index (χ0n) is 15.3. The molecule has 0 bridgehead atoms. The summed E-state index contributed by atoms with van der Waals surface area (Å²) in [7, 11) is 0. The molecular weight excluding hydrogens is 395 g/mol. The monoisotopic (exact) mass is 414 g/mol. The highest BCUT2D eigenvalue weighted by atomic mass is 35.5. The second-order valence-electron chi connectivity index (χ2n) is 6.37. The van der Waals surface area contributed by atoms with Gasteiger partial charge in [-0.15, -0.1) is 0 Å². The molecule has 2 N–H and O–H groups in total. The molecule has 0 radical (unpaired) electrons. The van der Waals surface area contributed by atoms with Gasteiger partial charge in [0.1, 0.15) is 5.75 Å². The lowest BCUT2D eigenvalue weighted by Gasteiger charge is -2.16. The van der Waals surface area contributed by atoms with Crippen LogP contribution in [-0.2, 0) is 6.42 Å². The lowest BCUT2D eigenvalue weighted by atomic mass is 10.1. The maximum absolute atomic E-state index is 12.1. The molecule has 28 heavy (non-hydrogen) atoms. The van der Waals surface area contributed by atoms with E-state index in [2.05, 4.69) is 10.6 Å². The maximum atomic E-state index is 12.1. The van der Waals surface area contributed by atoms with Gasteiger partial charge in [-0.2, -0.15) is 0 Å². The molecule has 144 valence electrons. The highest BCUT2D eigenvalue weighted by Crippen LogP contribution is 2.37. The van der Waals surface area contributed by atoms with Crippen molar-refractivity contribution < 1.29 is 9.53 Å². The minimum atomic E-state index is -0.264. The minimum Gasteiger partial charge on any atom is -0.454 e. The van der Waals surface area contributed by atoms with Gasteiger partial charge in [-0.1, -0.05) is 59.6 Å². The first-order valence-corrected chi connectivity index (χ1v) is 9.60. The van der Waals surface area contributed by atoms with E-state index in [-0.39, 0.29) is 12.1 Å². The lowest BCUT2D eigenvalue weighted by Crippen LogP contribution is -2.37. The zero-order chi connectivity index (χ0) is 19.9. The second-order valence-corrected chi connectivity index (χ2v) is 7.19. The van der Waals surface area contributed by atoms with Crippen LogP contribution in [-0.4, -0.2) is 12.1 Å². The fourth-order valence-electron chi connectivity index (χ4n) is 2.75. The van der Waals surface area contributed by atoms with Crippen LogP contribution in [0, 0.1) is 0 Å². The molecule has 0 aliphatic rings. The van der Waals surface area contributed by atoms with E-state index >= 15 is 0 Å². The molecule has 1 unspecified atom stereocenters. The number of urea groups is 1. The van der Waals surface area contributed by atoms with Gasteiger partial charge in [0, 0.05) is 11.7 Å². The van der Waals surface area contributed by atoms with Gasteiger partial charge in [0.2, 0.25) is 0 Å². The summed E-state index contributed by atoms with van der Waals surface area (Å²) in [5, 5.41) is 6.55. The number of nitrogens with one attached hydrogen (secondary N) is 2. The van der Waals surface area contributed by atoms with Crippen molar-refractivity contribution in [2.45, 2.75) is 19.4 Å². The van der Waals surface area contributed by atoms with Crippen LogP contribution in [0.5, 0.6) is 11.5 Å². The first-order valence-electron chi connectivity index (χ1n) is 8.84. The molecule has 3 aromatic rings. The second kappa shape index (κ2) is 9.49. The summed E-state index contributed by atoms with van der Waals surface area (Å²) in [5.74, 6) is 1.08. The number of benzene rings is 3. The van der Waals surface area contributed by atoms with Crippen LogP contribution >= 0.6 is 23.2 Å². The smallest absolute Gasteiger partial charge is 0.319 e. The fourth-order valence-corrected chi connectivity index (χ4v) is 3.36. The van der Waals surface area contributed by atoms with E-state index in [9.17, 15) is 4.79 Å². The third-order valence-electron chi connectivity index (χ3n) is 3.97. The van der Waals surface area contributed by atoms with Crippen molar-refractivity contribution >= 4 is 34.9 Å². The van der Waals surface area contributed by atoms with E-state index in [0.717, 1.165) is 11.3 Å². The molecule has 1 atom stereocenters. The molecular formula is C22H20Cl2N2O2. The van der Waals surface area contributed by atoms with Gasteiger partial charge >= 0.3 is 6.03 Å². The normalized spacial score (nSPS) is 11.5. The summed E-state index contributed by atoms with van der Waals surface area (Å²) in [5.41, 5.74) is 1.64. The number of hydrogen-bond donors (Lipinski definition) is 2. The molecule has 0 fully saturated rings. The zero-order valence-corrected chi connectivity index (χ0v) is 16.8. The van der Waals surface area contributed by atoms with E-state index in [0.29, 0.717) is 28.0 Å². The molecule has 6 heteroatoms. The van der Waals surface area contributed by atoms with E-state index in [4.69, 9.17) is 27.9 Å². The van der Waals surface area contributed by atoms with Gasteiger partial charge in [0.25, 0.3) is 0 Å². The molecule has 0 spiro atoms. The summed E-state index contributed by atoms with van der Waals surface area (Å²) in [6.45, 7) is 1.92. The molecule has 0 aromatic heterocycles. The van der Waals surface area contributed by atoms with Gasteiger partial charge in [-0.05, 0) is 55.3 Å². The van der Waals surface area contributed by atoms with Crippen molar-refractivity contribution in [3.63, 3.8) is 0 Å². The van der Waals surface area contributed by atoms with E-state index in [1.807, 2.05) is 67.6 Å². The molecule has 3 rings (SSSR count). The molecule has 0 saturated carbocycles. The molecule has 2 amide bonds. The van der Waals surface area contributed by atoms with Gasteiger partial charge in [-0.25, -0.2) is 4.79 Å². The van der Waals surface area contributed by atoms with Crippen LogP contribution in [0.15, 0.2) is 72.8 Å². The van der Waals surface area contributed by atoms with Crippen molar-refractivity contribution in [1.29, 1.82) is 0 Å². The van der Waals surface area contributed by atoms with Crippen molar-refractivity contribution in [3.05, 3.63) is 88.4 Å². The predicted octanol–water partition coefficient (Wildman–Crippen LogP) is 6.54. The quantitative estimate of drug-likeness (QED) is 0.480. The van der Waals surface area contributed by atoms with Crippen LogP contribution in [0.2, 0.25) is 10.0 Å². The first-order chi connectivity index (χ1) is 13.5. The number of hydrogen-bond acceptors (Lipinski definition) is 2. The summed E-state index contributed by atoms with van der Waals surface area (Å²) in [4.78, 5) is 12.1. The Morgan fingerprint density at radius 2 is 1.54 bits per heavy atom. The summed E-state index contributed by atoms with van der Waals surface area (Å²) < 4.78 is 5.79. The topological polar surface area (TPSA) is 50.4 Å². The highest BCUT2D eigenvalue weighted by molar-refractivity contribution is 6.37. The average molecular weight is 415 g/mol. The highest BCUT2D eigenvalue weighted by Gasteiger charge is 2.14. The number of ether oxygens (including phenoxy) is 1. The Labute approximate surface area is 174 Å².